The van der Waals surface area contributed by atoms with Crippen molar-refractivity contribution in [2.45, 2.75) is 12.7 Å². The zero-order chi connectivity index (χ0) is 12.5. The topological polar surface area (TPSA) is 48.0 Å². The zero-order valence-electron chi connectivity index (χ0n) is 8.44. The van der Waals surface area contributed by atoms with E-state index < -0.39 is 11.9 Å². The van der Waals surface area contributed by atoms with Gasteiger partial charge in [-0.1, -0.05) is 0 Å². The molecule has 0 spiro atoms. The molecule has 0 aliphatic heterocycles. The van der Waals surface area contributed by atoms with E-state index in [2.05, 4.69) is 5.10 Å². The van der Waals surface area contributed by atoms with E-state index in [0.717, 1.165) is 10.7 Å². The highest BCUT2D eigenvalue weighted by molar-refractivity contribution is 5.70. The van der Waals surface area contributed by atoms with Gasteiger partial charge in [-0.15, -0.1) is 0 Å². The zero-order valence-corrected chi connectivity index (χ0v) is 8.44. The van der Waals surface area contributed by atoms with Crippen molar-refractivity contribution in [3.05, 3.63) is 41.6 Å². The Morgan fingerprint density at radius 3 is 2.65 bits per heavy atom. The van der Waals surface area contributed by atoms with Gasteiger partial charge >= 0.3 is 6.18 Å². The third-order valence-electron chi connectivity index (χ3n) is 2.05. The molecule has 17 heavy (non-hydrogen) atoms. The van der Waals surface area contributed by atoms with Crippen molar-refractivity contribution < 1.29 is 22.4 Å². The van der Waals surface area contributed by atoms with E-state index in [1.54, 1.807) is 0 Å². The monoisotopic (exact) mass is 244 g/mol. The molecule has 0 fully saturated rings. The summed E-state index contributed by atoms with van der Waals surface area (Å²) in [6.07, 6.45) is -2.73. The first-order valence-electron chi connectivity index (χ1n) is 4.63. The van der Waals surface area contributed by atoms with Crippen LogP contribution in [0, 0.1) is 0 Å². The van der Waals surface area contributed by atoms with Crippen molar-refractivity contribution in [2.24, 2.45) is 0 Å². The van der Waals surface area contributed by atoms with Gasteiger partial charge in [-0.05, 0) is 18.2 Å². The second-order valence-electron chi connectivity index (χ2n) is 3.32. The van der Waals surface area contributed by atoms with Crippen LogP contribution in [0.15, 0.2) is 28.8 Å². The molecule has 7 heteroatoms. The predicted octanol–water partition coefficient (Wildman–Crippen LogP) is 2.36. The number of carbonyl (C=O) groups is 1. The van der Waals surface area contributed by atoms with Crippen LogP contribution in [0.25, 0.3) is 0 Å². The van der Waals surface area contributed by atoms with Crippen molar-refractivity contribution in [1.29, 1.82) is 0 Å². The third-order valence-corrected chi connectivity index (χ3v) is 2.05. The lowest BCUT2D eigenvalue weighted by Crippen LogP contribution is -2.08. The molecule has 0 amide bonds. The fraction of sp³-hybridized carbons (Fsp3) is 0.200. The molecule has 90 valence electrons. The molecule has 0 atom stereocenters. The minimum absolute atomic E-state index is 0.0456. The average Bonchev–Trinajstić information content (AvgIpc) is 2.86. The first-order chi connectivity index (χ1) is 7.99. The van der Waals surface area contributed by atoms with Crippen LogP contribution in [0.4, 0.5) is 13.2 Å². The number of rotatable bonds is 3. The van der Waals surface area contributed by atoms with E-state index in [0.29, 0.717) is 12.0 Å². The minimum atomic E-state index is -4.46. The molecule has 0 aliphatic carbocycles. The summed E-state index contributed by atoms with van der Waals surface area (Å²) >= 11 is 0. The van der Waals surface area contributed by atoms with Gasteiger partial charge in [0, 0.05) is 6.20 Å². The quantitative estimate of drug-likeness (QED) is 0.778. The highest BCUT2D eigenvalue weighted by Gasteiger charge is 2.33. The van der Waals surface area contributed by atoms with E-state index in [-0.39, 0.29) is 12.3 Å². The van der Waals surface area contributed by atoms with Gasteiger partial charge in [0.2, 0.25) is 0 Å². The Balaban J connectivity index is 2.14. The molecule has 0 aromatic carbocycles. The standard InChI is InChI=1S/C10H7F3N2O2/c11-10(12,13)9-3-4-15(14-9)5-7-1-2-8(6-16)17-7/h1-4,6H,5H2. The number of hydrogen-bond donors (Lipinski definition) is 0. The van der Waals surface area contributed by atoms with Crippen LogP contribution < -0.4 is 0 Å². The number of aldehydes is 1. The Kier molecular flexibility index (Phi) is 2.74. The number of furan rings is 1. The van der Waals surface area contributed by atoms with Crippen molar-refractivity contribution >= 4 is 6.29 Å². The number of hydrogen-bond acceptors (Lipinski definition) is 3. The maximum Gasteiger partial charge on any atom is 0.435 e. The number of aromatic nitrogens is 2. The summed E-state index contributed by atoms with van der Waals surface area (Å²) in [7, 11) is 0. The number of carbonyl (C=O) groups excluding carboxylic acids is 1. The van der Waals surface area contributed by atoms with Crippen LogP contribution in [-0.2, 0) is 12.7 Å². The first-order valence-corrected chi connectivity index (χ1v) is 4.63. The lowest BCUT2D eigenvalue weighted by atomic mass is 10.4. The summed E-state index contributed by atoms with van der Waals surface area (Å²) in [5.41, 5.74) is -0.959. The summed E-state index contributed by atoms with van der Waals surface area (Å²) in [6, 6.07) is 3.83. The van der Waals surface area contributed by atoms with Crippen LogP contribution in [-0.4, -0.2) is 16.1 Å². The molecule has 2 aromatic rings. The summed E-state index contributed by atoms with van der Waals surface area (Å²) < 4.78 is 42.9. The fourth-order valence-electron chi connectivity index (χ4n) is 1.30. The Labute approximate surface area is 93.6 Å². The molecule has 0 unspecified atom stereocenters. The van der Waals surface area contributed by atoms with E-state index in [4.69, 9.17) is 4.42 Å². The molecule has 4 nitrogen and oxygen atoms in total. The number of halogens is 3. The highest BCUT2D eigenvalue weighted by Crippen LogP contribution is 2.27. The second kappa shape index (κ2) is 4.08. The van der Waals surface area contributed by atoms with Gasteiger partial charge in [0.15, 0.2) is 17.7 Å². The van der Waals surface area contributed by atoms with Crippen LogP contribution in [0.5, 0.6) is 0 Å². The summed E-state index contributed by atoms with van der Waals surface area (Å²) in [4.78, 5) is 10.3. The molecular formula is C10H7F3N2O2. The molecule has 2 aromatic heterocycles. The van der Waals surface area contributed by atoms with Crippen molar-refractivity contribution in [3.63, 3.8) is 0 Å². The minimum Gasteiger partial charge on any atom is -0.456 e. The Bertz CT molecular complexity index is 528. The van der Waals surface area contributed by atoms with Gasteiger partial charge in [0.1, 0.15) is 5.76 Å². The van der Waals surface area contributed by atoms with E-state index >= 15 is 0 Å². The van der Waals surface area contributed by atoms with Crippen LogP contribution in [0.2, 0.25) is 0 Å². The molecule has 0 saturated carbocycles. The largest absolute Gasteiger partial charge is 0.456 e. The van der Waals surface area contributed by atoms with Crippen molar-refractivity contribution in [1.82, 2.24) is 9.78 Å². The van der Waals surface area contributed by atoms with Gasteiger partial charge in [-0.25, -0.2) is 0 Å². The summed E-state index contributed by atoms with van der Waals surface area (Å²) in [6.45, 7) is 0.0456. The maximum atomic E-state index is 12.3. The molecule has 0 aliphatic rings. The molecule has 0 radical (unpaired) electrons. The van der Waals surface area contributed by atoms with Crippen molar-refractivity contribution in [3.8, 4) is 0 Å². The Morgan fingerprint density at radius 2 is 2.12 bits per heavy atom. The van der Waals surface area contributed by atoms with Gasteiger partial charge in [0.25, 0.3) is 0 Å². The molecule has 0 saturated heterocycles. The lowest BCUT2D eigenvalue weighted by molar-refractivity contribution is -0.141. The molecular weight excluding hydrogens is 237 g/mol. The van der Waals surface area contributed by atoms with Crippen LogP contribution >= 0.6 is 0 Å². The number of alkyl halides is 3. The molecule has 0 N–H and O–H groups in total. The van der Waals surface area contributed by atoms with E-state index in [1.165, 1.54) is 18.3 Å². The smallest absolute Gasteiger partial charge is 0.435 e. The van der Waals surface area contributed by atoms with Gasteiger partial charge in [-0.2, -0.15) is 18.3 Å². The van der Waals surface area contributed by atoms with E-state index in [1.807, 2.05) is 0 Å². The van der Waals surface area contributed by atoms with Gasteiger partial charge < -0.3 is 4.42 Å². The van der Waals surface area contributed by atoms with Gasteiger partial charge in [0.05, 0.1) is 6.54 Å². The second-order valence-corrected chi connectivity index (χ2v) is 3.32. The summed E-state index contributed by atoms with van der Waals surface area (Å²) in [5, 5.41) is 3.36. The molecule has 0 bridgehead atoms. The SMILES string of the molecule is O=Cc1ccc(Cn2ccc(C(F)(F)F)n2)o1. The number of nitrogens with zero attached hydrogens (tertiary/aromatic N) is 2. The predicted molar refractivity (Wildman–Crippen MR) is 50.4 cm³/mol. The highest BCUT2D eigenvalue weighted by atomic mass is 19.4. The van der Waals surface area contributed by atoms with Crippen molar-refractivity contribution in [2.75, 3.05) is 0 Å². The Morgan fingerprint density at radius 1 is 1.35 bits per heavy atom. The molecule has 2 rings (SSSR count). The first kappa shape index (κ1) is 11.4. The van der Waals surface area contributed by atoms with Gasteiger partial charge in [-0.3, -0.25) is 9.48 Å². The van der Waals surface area contributed by atoms with Crippen LogP contribution in [0.1, 0.15) is 22.0 Å². The fourth-order valence-corrected chi connectivity index (χ4v) is 1.30. The molecule has 2 heterocycles. The maximum absolute atomic E-state index is 12.3. The van der Waals surface area contributed by atoms with E-state index in [9.17, 15) is 18.0 Å². The average molecular weight is 244 g/mol. The lowest BCUT2D eigenvalue weighted by Gasteiger charge is -2.01. The van der Waals surface area contributed by atoms with Crippen LogP contribution in [0.3, 0.4) is 0 Å². The Hall–Kier alpha value is -2.05. The normalized spacial score (nSPS) is 11.7. The third kappa shape index (κ3) is 2.55. The summed E-state index contributed by atoms with van der Waals surface area (Å²) in [5.74, 6) is 0.493.